The summed E-state index contributed by atoms with van der Waals surface area (Å²) in [5.74, 6) is 0.858. The fourth-order valence-electron chi connectivity index (χ4n) is 2.97. The summed E-state index contributed by atoms with van der Waals surface area (Å²) in [5, 5.41) is 0. The second kappa shape index (κ2) is 7.31. The summed E-state index contributed by atoms with van der Waals surface area (Å²) in [6.45, 7) is 13.4. The Morgan fingerprint density at radius 1 is 1.20 bits per heavy atom. The van der Waals surface area contributed by atoms with Gasteiger partial charge in [0.25, 0.3) is 0 Å². The standard InChI is InChI=1S/C17H24N2O/c1-14-6-4-7-15(2)19(14)12-5-13-20-17-10-8-16(18-3)9-11-17/h8-11,14-15H,4-7,12-13H2,1-2H3. The smallest absolute Gasteiger partial charge is 0.187 e. The van der Waals surface area contributed by atoms with Crippen molar-refractivity contribution >= 4 is 5.69 Å². The maximum Gasteiger partial charge on any atom is 0.187 e. The van der Waals surface area contributed by atoms with Crippen molar-refractivity contribution in [2.75, 3.05) is 13.2 Å². The van der Waals surface area contributed by atoms with E-state index in [9.17, 15) is 0 Å². The van der Waals surface area contributed by atoms with Crippen LogP contribution in [0, 0.1) is 6.57 Å². The van der Waals surface area contributed by atoms with Crippen LogP contribution in [0.3, 0.4) is 0 Å². The molecule has 1 aliphatic rings. The predicted molar refractivity (Wildman–Crippen MR) is 82.3 cm³/mol. The van der Waals surface area contributed by atoms with E-state index in [1.165, 1.54) is 19.3 Å². The van der Waals surface area contributed by atoms with Crippen LogP contribution < -0.4 is 4.74 Å². The fraction of sp³-hybridized carbons (Fsp3) is 0.588. The van der Waals surface area contributed by atoms with Crippen LogP contribution in [-0.2, 0) is 0 Å². The summed E-state index contributed by atoms with van der Waals surface area (Å²) in [6.07, 6.45) is 5.06. The van der Waals surface area contributed by atoms with Crippen LogP contribution in [0.1, 0.15) is 39.5 Å². The molecule has 1 aromatic rings. The Kier molecular flexibility index (Phi) is 5.43. The van der Waals surface area contributed by atoms with Crippen molar-refractivity contribution in [1.82, 2.24) is 4.90 Å². The number of hydrogen-bond donors (Lipinski definition) is 0. The third-order valence-electron chi connectivity index (χ3n) is 4.17. The molecule has 0 amide bonds. The highest BCUT2D eigenvalue weighted by Gasteiger charge is 2.23. The molecule has 2 rings (SSSR count). The summed E-state index contributed by atoms with van der Waals surface area (Å²) >= 11 is 0. The van der Waals surface area contributed by atoms with Gasteiger partial charge in [-0.15, -0.1) is 0 Å². The van der Waals surface area contributed by atoms with Crippen molar-refractivity contribution in [1.29, 1.82) is 0 Å². The zero-order valence-electron chi connectivity index (χ0n) is 12.5. The normalized spacial score (nSPS) is 23.2. The van der Waals surface area contributed by atoms with Gasteiger partial charge >= 0.3 is 0 Å². The molecule has 1 aromatic carbocycles. The van der Waals surface area contributed by atoms with Crippen LogP contribution in [0.4, 0.5) is 5.69 Å². The quantitative estimate of drug-likeness (QED) is 0.588. The van der Waals surface area contributed by atoms with Crippen LogP contribution in [0.5, 0.6) is 5.75 Å². The molecular formula is C17H24N2O. The molecule has 0 aliphatic carbocycles. The molecule has 2 atom stereocenters. The Balaban J connectivity index is 1.71. The second-order valence-corrected chi connectivity index (χ2v) is 5.67. The SMILES string of the molecule is [C-]#[N+]c1ccc(OCCCN2C(C)CCCC2C)cc1. The topological polar surface area (TPSA) is 16.8 Å². The predicted octanol–water partition coefficient (Wildman–Crippen LogP) is 4.27. The van der Waals surface area contributed by atoms with Gasteiger partial charge in [-0.3, -0.25) is 4.90 Å². The lowest BCUT2D eigenvalue weighted by molar-refractivity contribution is 0.0961. The molecule has 1 fully saturated rings. The number of likely N-dealkylation sites (tertiary alicyclic amines) is 1. The molecule has 20 heavy (non-hydrogen) atoms. The van der Waals surface area contributed by atoms with Crippen molar-refractivity contribution < 1.29 is 4.74 Å². The van der Waals surface area contributed by atoms with Crippen molar-refractivity contribution in [3.63, 3.8) is 0 Å². The average molecular weight is 272 g/mol. The van der Waals surface area contributed by atoms with E-state index in [0.717, 1.165) is 25.3 Å². The molecule has 3 heteroatoms. The Morgan fingerprint density at radius 2 is 1.85 bits per heavy atom. The lowest BCUT2D eigenvalue weighted by atomic mass is 9.97. The Hall–Kier alpha value is -1.53. The molecule has 2 unspecified atom stereocenters. The summed E-state index contributed by atoms with van der Waals surface area (Å²) in [7, 11) is 0. The molecule has 0 bridgehead atoms. The van der Waals surface area contributed by atoms with E-state index in [-0.39, 0.29) is 0 Å². The molecule has 0 spiro atoms. The van der Waals surface area contributed by atoms with Crippen LogP contribution in [0.25, 0.3) is 4.85 Å². The summed E-state index contributed by atoms with van der Waals surface area (Å²) < 4.78 is 5.74. The minimum Gasteiger partial charge on any atom is -0.494 e. The van der Waals surface area contributed by atoms with Crippen LogP contribution >= 0.6 is 0 Å². The van der Waals surface area contributed by atoms with Gasteiger partial charge in [0.05, 0.1) is 13.2 Å². The first kappa shape index (κ1) is 14.9. The van der Waals surface area contributed by atoms with Crippen LogP contribution in [0.2, 0.25) is 0 Å². The minimum absolute atomic E-state index is 0.660. The molecule has 0 aromatic heterocycles. The second-order valence-electron chi connectivity index (χ2n) is 5.67. The van der Waals surface area contributed by atoms with Gasteiger partial charge in [-0.05, 0) is 45.2 Å². The first-order valence-corrected chi connectivity index (χ1v) is 7.57. The minimum atomic E-state index is 0.660. The van der Waals surface area contributed by atoms with E-state index in [2.05, 4.69) is 23.6 Å². The summed E-state index contributed by atoms with van der Waals surface area (Å²) in [6, 6.07) is 8.76. The molecule has 1 heterocycles. The van der Waals surface area contributed by atoms with E-state index in [1.807, 2.05) is 12.1 Å². The molecule has 3 nitrogen and oxygen atoms in total. The highest BCUT2D eigenvalue weighted by Crippen LogP contribution is 2.22. The molecule has 108 valence electrons. The van der Waals surface area contributed by atoms with Gasteiger partial charge in [-0.25, -0.2) is 4.85 Å². The first-order valence-electron chi connectivity index (χ1n) is 7.57. The number of nitrogens with zero attached hydrogens (tertiary/aromatic N) is 2. The highest BCUT2D eigenvalue weighted by atomic mass is 16.5. The number of ether oxygens (including phenoxy) is 1. The van der Waals surface area contributed by atoms with Crippen molar-refractivity contribution in [3.05, 3.63) is 35.7 Å². The molecule has 0 radical (unpaired) electrons. The monoisotopic (exact) mass is 272 g/mol. The fourth-order valence-corrected chi connectivity index (χ4v) is 2.97. The Bertz CT molecular complexity index is 439. The van der Waals surface area contributed by atoms with E-state index in [4.69, 9.17) is 11.3 Å². The molecule has 0 N–H and O–H groups in total. The Morgan fingerprint density at radius 3 is 2.45 bits per heavy atom. The number of rotatable bonds is 5. The third kappa shape index (κ3) is 3.98. The van der Waals surface area contributed by atoms with Crippen molar-refractivity contribution in [2.24, 2.45) is 0 Å². The molecule has 1 saturated heterocycles. The Labute approximate surface area is 122 Å². The molecule has 0 saturated carbocycles. The average Bonchev–Trinajstić information content (AvgIpc) is 2.46. The molecule has 1 aliphatic heterocycles. The van der Waals surface area contributed by atoms with E-state index >= 15 is 0 Å². The number of benzene rings is 1. The van der Waals surface area contributed by atoms with Crippen molar-refractivity contribution in [3.8, 4) is 5.75 Å². The zero-order valence-corrected chi connectivity index (χ0v) is 12.5. The lowest BCUT2D eigenvalue weighted by Crippen LogP contribution is -2.44. The van der Waals surface area contributed by atoms with Gasteiger partial charge in [-0.1, -0.05) is 18.6 Å². The van der Waals surface area contributed by atoms with Gasteiger partial charge in [0.1, 0.15) is 5.75 Å². The van der Waals surface area contributed by atoms with E-state index < -0.39 is 0 Å². The number of hydrogen-bond acceptors (Lipinski definition) is 2. The van der Waals surface area contributed by atoms with Gasteiger partial charge in [-0.2, -0.15) is 0 Å². The van der Waals surface area contributed by atoms with Gasteiger partial charge in [0.2, 0.25) is 0 Å². The van der Waals surface area contributed by atoms with E-state index in [1.54, 1.807) is 12.1 Å². The van der Waals surface area contributed by atoms with Crippen LogP contribution in [-0.4, -0.2) is 30.1 Å². The van der Waals surface area contributed by atoms with Crippen molar-refractivity contribution in [2.45, 2.75) is 51.6 Å². The summed E-state index contributed by atoms with van der Waals surface area (Å²) in [5.41, 5.74) is 0.660. The first-order chi connectivity index (χ1) is 9.70. The zero-order chi connectivity index (χ0) is 14.4. The highest BCUT2D eigenvalue weighted by molar-refractivity contribution is 5.46. The lowest BCUT2D eigenvalue weighted by Gasteiger charge is -2.39. The van der Waals surface area contributed by atoms with Gasteiger partial charge in [0, 0.05) is 18.6 Å². The largest absolute Gasteiger partial charge is 0.494 e. The summed E-state index contributed by atoms with van der Waals surface area (Å²) in [4.78, 5) is 5.98. The van der Waals surface area contributed by atoms with Gasteiger partial charge < -0.3 is 4.74 Å². The molecular weight excluding hydrogens is 248 g/mol. The van der Waals surface area contributed by atoms with Gasteiger partial charge in [0.15, 0.2) is 5.69 Å². The van der Waals surface area contributed by atoms with E-state index in [0.29, 0.717) is 17.8 Å². The van der Waals surface area contributed by atoms with Crippen LogP contribution in [0.15, 0.2) is 24.3 Å². The third-order valence-corrected chi connectivity index (χ3v) is 4.17. The number of piperidine rings is 1. The maximum atomic E-state index is 6.91. The maximum absolute atomic E-state index is 6.91.